The molecule has 1 aliphatic rings. The minimum atomic E-state index is -3.56. The van der Waals surface area contributed by atoms with Crippen molar-refractivity contribution in [2.45, 2.75) is 17.7 Å². The average Bonchev–Trinajstić information content (AvgIpc) is 3.27. The standard InChI is InChI=1S/C20H23FN4O4S/c1-24(2)18-10-7-15(13-17(18)21)20(27)23-22-19(26)14-5-8-16(9-6-14)30(28,29)25-11-3-4-12-25/h5-10,13H,3-4,11-12H2,1-2H3,(H,22,26)(H,23,27). The van der Waals surface area contributed by atoms with Gasteiger partial charge in [-0.3, -0.25) is 20.4 Å². The lowest BCUT2D eigenvalue weighted by molar-refractivity contribution is 0.0846. The lowest BCUT2D eigenvalue weighted by Gasteiger charge is -2.15. The second-order valence-electron chi connectivity index (χ2n) is 7.10. The third-order valence-corrected chi connectivity index (χ3v) is 6.71. The molecule has 10 heteroatoms. The summed E-state index contributed by atoms with van der Waals surface area (Å²) in [4.78, 5) is 26.1. The summed E-state index contributed by atoms with van der Waals surface area (Å²) in [6.45, 7) is 0.986. The molecular weight excluding hydrogens is 411 g/mol. The van der Waals surface area contributed by atoms with Crippen LogP contribution in [-0.2, 0) is 10.0 Å². The van der Waals surface area contributed by atoms with Gasteiger partial charge in [0.1, 0.15) is 5.82 Å². The molecule has 0 radical (unpaired) electrons. The smallest absolute Gasteiger partial charge is 0.269 e. The van der Waals surface area contributed by atoms with Crippen LogP contribution in [0, 0.1) is 5.82 Å². The minimum Gasteiger partial charge on any atom is -0.375 e. The Bertz CT molecular complexity index is 1050. The van der Waals surface area contributed by atoms with Gasteiger partial charge in [-0.1, -0.05) is 0 Å². The first-order valence-corrected chi connectivity index (χ1v) is 10.8. The van der Waals surface area contributed by atoms with Crippen molar-refractivity contribution in [3.05, 3.63) is 59.4 Å². The van der Waals surface area contributed by atoms with Crippen LogP contribution in [-0.4, -0.2) is 51.7 Å². The Kier molecular flexibility index (Phi) is 6.37. The number of anilines is 1. The van der Waals surface area contributed by atoms with Gasteiger partial charge in [-0.2, -0.15) is 4.31 Å². The summed E-state index contributed by atoms with van der Waals surface area (Å²) in [5.74, 6) is -1.87. The molecule has 8 nitrogen and oxygen atoms in total. The molecule has 160 valence electrons. The molecule has 0 bridgehead atoms. The van der Waals surface area contributed by atoms with E-state index in [9.17, 15) is 22.4 Å². The Morgan fingerprint density at radius 1 is 0.933 bits per heavy atom. The molecule has 0 saturated carbocycles. The quantitative estimate of drug-likeness (QED) is 0.699. The van der Waals surface area contributed by atoms with Gasteiger partial charge < -0.3 is 4.90 Å². The molecule has 1 fully saturated rings. The van der Waals surface area contributed by atoms with Crippen LogP contribution in [0.15, 0.2) is 47.4 Å². The number of hydrogen-bond acceptors (Lipinski definition) is 5. The first kappa shape index (κ1) is 21.7. The zero-order chi connectivity index (χ0) is 21.9. The van der Waals surface area contributed by atoms with Gasteiger partial charge in [-0.15, -0.1) is 0 Å². The molecule has 0 aliphatic carbocycles. The Morgan fingerprint density at radius 3 is 2.00 bits per heavy atom. The highest BCUT2D eigenvalue weighted by molar-refractivity contribution is 7.89. The van der Waals surface area contributed by atoms with E-state index in [1.807, 2.05) is 0 Å². The van der Waals surface area contributed by atoms with Crippen molar-refractivity contribution in [3.8, 4) is 0 Å². The number of hydrazine groups is 1. The fourth-order valence-electron chi connectivity index (χ4n) is 3.12. The molecule has 2 aromatic rings. The Hall–Kier alpha value is -2.98. The fraction of sp³-hybridized carbons (Fsp3) is 0.300. The summed E-state index contributed by atoms with van der Waals surface area (Å²) in [6.07, 6.45) is 1.67. The van der Waals surface area contributed by atoms with E-state index in [-0.39, 0.29) is 16.0 Å². The summed E-state index contributed by atoms with van der Waals surface area (Å²) >= 11 is 0. The van der Waals surface area contributed by atoms with E-state index in [2.05, 4.69) is 10.9 Å². The van der Waals surface area contributed by atoms with Crippen LogP contribution in [0.4, 0.5) is 10.1 Å². The molecule has 1 aliphatic heterocycles. The van der Waals surface area contributed by atoms with Crippen LogP contribution in [0.25, 0.3) is 0 Å². The molecule has 30 heavy (non-hydrogen) atoms. The summed E-state index contributed by atoms with van der Waals surface area (Å²) in [7, 11) is -0.203. The Morgan fingerprint density at radius 2 is 1.47 bits per heavy atom. The van der Waals surface area contributed by atoms with E-state index < -0.39 is 27.7 Å². The molecular formula is C20H23FN4O4S. The van der Waals surface area contributed by atoms with Crippen molar-refractivity contribution in [2.24, 2.45) is 0 Å². The van der Waals surface area contributed by atoms with Gasteiger partial charge in [-0.25, -0.2) is 12.8 Å². The predicted molar refractivity (Wildman–Crippen MR) is 110 cm³/mol. The van der Waals surface area contributed by atoms with Crippen LogP contribution in [0.5, 0.6) is 0 Å². The number of nitrogens with zero attached hydrogens (tertiary/aromatic N) is 2. The number of carbonyl (C=O) groups is 2. The van der Waals surface area contributed by atoms with Gasteiger partial charge >= 0.3 is 0 Å². The Balaban J connectivity index is 1.62. The molecule has 1 saturated heterocycles. The van der Waals surface area contributed by atoms with E-state index in [0.29, 0.717) is 18.8 Å². The van der Waals surface area contributed by atoms with E-state index >= 15 is 0 Å². The van der Waals surface area contributed by atoms with Crippen molar-refractivity contribution in [2.75, 3.05) is 32.1 Å². The monoisotopic (exact) mass is 434 g/mol. The van der Waals surface area contributed by atoms with E-state index in [1.165, 1.54) is 40.7 Å². The van der Waals surface area contributed by atoms with Crippen molar-refractivity contribution < 1.29 is 22.4 Å². The SMILES string of the molecule is CN(C)c1ccc(C(=O)NNC(=O)c2ccc(S(=O)(=O)N3CCCC3)cc2)cc1F. The van der Waals surface area contributed by atoms with Gasteiger partial charge in [0.2, 0.25) is 10.0 Å². The van der Waals surface area contributed by atoms with Crippen molar-refractivity contribution in [1.29, 1.82) is 0 Å². The summed E-state index contributed by atoms with van der Waals surface area (Å²) in [5, 5.41) is 0. The number of rotatable bonds is 5. The maximum absolute atomic E-state index is 14.0. The number of benzene rings is 2. The van der Waals surface area contributed by atoms with Crippen LogP contribution in [0.2, 0.25) is 0 Å². The Labute approximate surface area is 174 Å². The summed E-state index contributed by atoms with van der Waals surface area (Å²) < 4.78 is 40.5. The number of amides is 2. The average molecular weight is 434 g/mol. The van der Waals surface area contributed by atoms with Crippen LogP contribution in [0.3, 0.4) is 0 Å². The van der Waals surface area contributed by atoms with E-state index in [1.54, 1.807) is 19.0 Å². The second-order valence-corrected chi connectivity index (χ2v) is 9.04. The molecule has 0 atom stereocenters. The number of carbonyl (C=O) groups excluding carboxylic acids is 2. The molecule has 0 aromatic heterocycles. The molecule has 0 unspecified atom stereocenters. The molecule has 3 rings (SSSR count). The first-order chi connectivity index (χ1) is 14.2. The highest BCUT2D eigenvalue weighted by Gasteiger charge is 2.27. The highest BCUT2D eigenvalue weighted by atomic mass is 32.2. The summed E-state index contributed by atoms with van der Waals surface area (Å²) in [6, 6.07) is 9.45. The molecule has 0 spiro atoms. The van der Waals surface area contributed by atoms with Gasteiger partial charge in [0.25, 0.3) is 11.8 Å². The third kappa shape index (κ3) is 4.60. The number of sulfonamides is 1. The van der Waals surface area contributed by atoms with Crippen LogP contribution >= 0.6 is 0 Å². The largest absolute Gasteiger partial charge is 0.375 e. The first-order valence-electron chi connectivity index (χ1n) is 9.38. The summed E-state index contributed by atoms with van der Waals surface area (Å²) in [5.41, 5.74) is 5.00. The third-order valence-electron chi connectivity index (χ3n) is 4.80. The van der Waals surface area contributed by atoms with Gasteiger partial charge in [-0.05, 0) is 55.3 Å². The zero-order valence-electron chi connectivity index (χ0n) is 16.7. The lowest BCUT2D eigenvalue weighted by Crippen LogP contribution is -2.41. The van der Waals surface area contributed by atoms with E-state index in [0.717, 1.165) is 18.9 Å². The van der Waals surface area contributed by atoms with Crippen LogP contribution < -0.4 is 15.8 Å². The molecule has 2 amide bonds. The van der Waals surface area contributed by atoms with Gasteiger partial charge in [0.05, 0.1) is 10.6 Å². The molecule has 2 aromatic carbocycles. The van der Waals surface area contributed by atoms with Crippen LogP contribution in [0.1, 0.15) is 33.6 Å². The lowest BCUT2D eigenvalue weighted by atomic mass is 10.2. The maximum atomic E-state index is 14.0. The topological polar surface area (TPSA) is 98.8 Å². The van der Waals surface area contributed by atoms with Crippen molar-refractivity contribution in [1.82, 2.24) is 15.2 Å². The second kappa shape index (κ2) is 8.80. The van der Waals surface area contributed by atoms with Crippen molar-refractivity contribution >= 4 is 27.5 Å². The minimum absolute atomic E-state index is 0.0467. The van der Waals surface area contributed by atoms with Crippen molar-refractivity contribution in [3.63, 3.8) is 0 Å². The number of nitrogens with one attached hydrogen (secondary N) is 2. The zero-order valence-corrected chi connectivity index (χ0v) is 17.5. The maximum Gasteiger partial charge on any atom is 0.269 e. The van der Waals surface area contributed by atoms with Gasteiger partial charge in [0, 0.05) is 38.3 Å². The molecule has 2 N–H and O–H groups in total. The number of hydrogen-bond donors (Lipinski definition) is 2. The van der Waals surface area contributed by atoms with Gasteiger partial charge in [0.15, 0.2) is 0 Å². The normalized spacial score (nSPS) is 14.4. The van der Waals surface area contributed by atoms with E-state index in [4.69, 9.17) is 0 Å². The highest BCUT2D eigenvalue weighted by Crippen LogP contribution is 2.21. The number of halogens is 1. The predicted octanol–water partition coefficient (Wildman–Crippen LogP) is 1.75. The fourth-order valence-corrected chi connectivity index (χ4v) is 4.64. The molecule has 1 heterocycles.